The molecule has 3 unspecified atom stereocenters. The van der Waals surface area contributed by atoms with Gasteiger partial charge in [0, 0.05) is 0 Å². The van der Waals surface area contributed by atoms with Crippen molar-refractivity contribution in [2.45, 2.75) is 43.2 Å². The highest BCUT2D eigenvalue weighted by Crippen LogP contribution is 2.67. The molecule has 1 aromatic rings. The fourth-order valence-electron chi connectivity index (χ4n) is 3.28. The number of rotatable bonds is 4. The average Bonchev–Trinajstić information content (AvgIpc) is 2.84. The normalized spacial score (nSPS) is 33.0. The molecule has 5 heteroatoms. The van der Waals surface area contributed by atoms with E-state index in [0.717, 1.165) is 12.7 Å². The molecule has 1 nitrogen and oxygen atoms in total. The molecular weight excluding hydrogens is 289 g/mol. The monoisotopic (exact) mass is 304 g/mol. The fourth-order valence-corrected chi connectivity index (χ4v) is 3.84. The Hall–Kier alpha value is -1.03. The van der Waals surface area contributed by atoms with Gasteiger partial charge in [-0.15, -0.1) is 11.6 Å². The highest BCUT2D eigenvalue weighted by atomic mass is 35.5. The van der Waals surface area contributed by atoms with Gasteiger partial charge in [-0.1, -0.05) is 37.6 Å². The van der Waals surface area contributed by atoms with Crippen LogP contribution in [0.4, 0.5) is 13.2 Å². The van der Waals surface area contributed by atoms with E-state index in [0.29, 0.717) is 5.56 Å². The van der Waals surface area contributed by atoms with Gasteiger partial charge in [0.1, 0.15) is 6.29 Å². The number of carbonyl (C=O) groups excluding carboxylic acids is 1. The number of alkyl halides is 4. The van der Waals surface area contributed by atoms with Crippen LogP contribution in [0.25, 0.3) is 0 Å². The first-order valence-electron chi connectivity index (χ1n) is 6.50. The van der Waals surface area contributed by atoms with Gasteiger partial charge in [-0.2, -0.15) is 13.2 Å². The number of hydrogen-bond acceptors (Lipinski definition) is 1. The van der Waals surface area contributed by atoms with Crippen LogP contribution in [-0.4, -0.2) is 17.3 Å². The summed E-state index contributed by atoms with van der Waals surface area (Å²) < 4.78 is 37.0. The molecule has 1 saturated carbocycles. The zero-order valence-electron chi connectivity index (χ0n) is 11.3. The van der Waals surface area contributed by atoms with Crippen molar-refractivity contribution in [2.75, 3.05) is 0 Å². The summed E-state index contributed by atoms with van der Waals surface area (Å²) in [5.74, 6) is 0.0163. The molecule has 0 heterocycles. The van der Waals surface area contributed by atoms with Gasteiger partial charge in [0.25, 0.3) is 0 Å². The Morgan fingerprint density at radius 3 is 2.20 bits per heavy atom. The highest BCUT2D eigenvalue weighted by molar-refractivity contribution is 6.30. The highest BCUT2D eigenvalue weighted by Gasteiger charge is 2.73. The number of benzene rings is 1. The molecule has 0 spiro atoms. The van der Waals surface area contributed by atoms with Gasteiger partial charge >= 0.3 is 6.18 Å². The quantitative estimate of drug-likeness (QED) is 0.600. The third-order valence-corrected chi connectivity index (χ3v) is 4.94. The Balaban J connectivity index is 2.29. The van der Waals surface area contributed by atoms with Crippen molar-refractivity contribution < 1.29 is 18.0 Å². The first kappa shape index (κ1) is 15.4. The van der Waals surface area contributed by atoms with Crippen molar-refractivity contribution in [2.24, 2.45) is 5.92 Å². The van der Waals surface area contributed by atoms with E-state index >= 15 is 0 Å². The third-order valence-electron chi connectivity index (χ3n) is 4.36. The standard InChI is InChI=1S/C15H16ClF3O/c1-3-12-13(2,16)14(12,9-20)11-6-4-10(5-7-11)8-15(17,18)19/h4-7,9,12H,3,8H2,1-2H3. The molecule has 0 aromatic heterocycles. The molecule has 1 aliphatic rings. The van der Waals surface area contributed by atoms with Crippen LogP contribution in [0.3, 0.4) is 0 Å². The van der Waals surface area contributed by atoms with E-state index in [1.54, 1.807) is 19.1 Å². The minimum Gasteiger partial charge on any atom is -0.302 e. The molecule has 0 radical (unpaired) electrons. The molecule has 0 N–H and O–H groups in total. The van der Waals surface area contributed by atoms with Crippen LogP contribution in [0.5, 0.6) is 0 Å². The van der Waals surface area contributed by atoms with Crippen LogP contribution in [0.15, 0.2) is 24.3 Å². The Bertz CT molecular complexity index is 507. The van der Waals surface area contributed by atoms with Crippen molar-refractivity contribution in [1.29, 1.82) is 0 Å². The molecule has 0 saturated heterocycles. The summed E-state index contributed by atoms with van der Waals surface area (Å²) in [5.41, 5.74) is 0.107. The Morgan fingerprint density at radius 1 is 1.30 bits per heavy atom. The van der Waals surface area contributed by atoms with Crippen LogP contribution < -0.4 is 0 Å². The molecule has 2 rings (SSSR count). The van der Waals surface area contributed by atoms with Crippen LogP contribution >= 0.6 is 11.6 Å². The smallest absolute Gasteiger partial charge is 0.302 e. The van der Waals surface area contributed by atoms with Gasteiger partial charge in [-0.25, -0.2) is 0 Å². The molecule has 1 aromatic carbocycles. The summed E-state index contributed by atoms with van der Waals surface area (Å²) in [6, 6.07) is 6.02. The average molecular weight is 305 g/mol. The predicted molar refractivity (Wildman–Crippen MR) is 72.0 cm³/mol. The molecule has 110 valence electrons. The lowest BCUT2D eigenvalue weighted by atomic mass is 9.91. The lowest BCUT2D eigenvalue weighted by Gasteiger charge is -2.14. The lowest BCUT2D eigenvalue weighted by molar-refractivity contribution is -0.127. The SMILES string of the molecule is CCC1C(C)(Cl)C1(C=O)c1ccc(CC(F)(F)F)cc1. The largest absolute Gasteiger partial charge is 0.393 e. The zero-order chi connectivity index (χ0) is 15.2. The fraction of sp³-hybridized carbons (Fsp3) is 0.533. The summed E-state index contributed by atoms with van der Waals surface area (Å²) in [6.45, 7) is 3.76. The second-order valence-corrected chi connectivity index (χ2v) is 6.30. The molecule has 0 aliphatic heterocycles. The van der Waals surface area contributed by atoms with Gasteiger partial charge in [0.05, 0.1) is 16.7 Å². The Labute approximate surface area is 121 Å². The maximum atomic E-state index is 12.3. The van der Waals surface area contributed by atoms with Crippen molar-refractivity contribution in [3.63, 3.8) is 0 Å². The number of aldehydes is 1. The summed E-state index contributed by atoms with van der Waals surface area (Å²) >= 11 is 6.40. The van der Waals surface area contributed by atoms with E-state index in [2.05, 4.69) is 0 Å². The summed E-state index contributed by atoms with van der Waals surface area (Å²) in [4.78, 5) is 10.9. The molecule has 0 bridgehead atoms. The Morgan fingerprint density at radius 2 is 1.85 bits per heavy atom. The van der Waals surface area contributed by atoms with Gasteiger partial charge in [0.2, 0.25) is 0 Å². The third kappa shape index (κ3) is 2.24. The molecule has 0 amide bonds. The summed E-state index contributed by atoms with van der Waals surface area (Å²) in [7, 11) is 0. The number of hydrogen-bond donors (Lipinski definition) is 0. The van der Waals surface area contributed by atoms with E-state index in [1.807, 2.05) is 6.92 Å². The van der Waals surface area contributed by atoms with Crippen molar-refractivity contribution in [3.8, 4) is 0 Å². The van der Waals surface area contributed by atoms with Gasteiger partial charge in [0.15, 0.2) is 0 Å². The van der Waals surface area contributed by atoms with E-state index in [9.17, 15) is 18.0 Å². The minimum absolute atomic E-state index is 0.0163. The van der Waals surface area contributed by atoms with Gasteiger partial charge in [-0.05, 0) is 24.0 Å². The Kier molecular flexibility index (Phi) is 3.66. The predicted octanol–water partition coefficient (Wildman–Crippen LogP) is 4.27. The second kappa shape index (κ2) is 4.76. The minimum atomic E-state index is -4.23. The van der Waals surface area contributed by atoms with Crippen LogP contribution in [-0.2, 0) is 16.6 Å². The van der Waals surface area contributed by atoms with Crippen LogP contribution in [0.1, 0.15) is 31.4 Å². The maximum absolute atomic E-state index is 12.3. The maximum Gasteiger partial charge on any atom is 0.393 e. The summed E-state index contributed by atoms with van der Waals surface area (Å²) in [5, 5.41) is 0. The van der Waals surface area contributed by atoms with E-state index in [1.165, 1.54) is 12.1 Å². The van der Waals surface area contributed by atoms with Crippen molar-refractivity contribution in [3.05, 3.63) is 35.4 Å². The van der Waals surface area contributed by atoms with E-state index in [-0.39, 0.29) is 11.5 Å². The number of halogens is 4. The van der Waals surface area contributed by atoms with Gasteiger partial charge < -0.3 is 4.79 Å². The zero-order valence-corrected chi connectivity index (χ0v) is 12.1. The van der Waals surface area contributed by atoms with E-state index < -0.39 is 22.9 Å². The lowest BCUT2D eigenvalue weighted by Crippen LogP contribution is -2.19. The second-order valence-electron chi connectivity index (χ2n) is 5.51. The molecule has 1 fully saturated rings. The van der Waals surface area contributed by atoms with Crippen LogP contribution in [0, 0.1) is 5.92 Å². The topological polar surface area (TPSA) is 17.1 Å². The molecule has 1 aliphatic carbocycles. The first-order valence-corrected chi connectivity index (χ1v) is 6.88. The van der Waals surface area contributed by atoms with E-state index in [4.69, 9.17) is 11.6 Å². The molecular formula is C15H16ClF3O. The molecule has 3 atom stereocenters. The first-order chi connectivity index (χ1) is 9.19. The summed E-state index contributed by atoms with van der Waals surface area (Å²) in [6.07, 6.45) is -3.59. The number of carbonyl (C=O) groups is 1. The molecule has 20 heavy (non-hydrogen) atoms. The van der Waals surface area contributed by atoms with Crippen molar-refractivity contribution in [1.82, 2.24) is 0 Å². The van der Waals surface area contributed by atoms with Crippen LogP contribution in [0.2, 0.25) is 0 Å². The van der Waals surface area contributed by atoms with Crippen molar-refractivity contribution >= 4 is 17.9 Å². The van der Waals surface area contributed by atoms with Gasteiger partial charge in [-0.3, -0.25) is 0 Å².